The molecule has 0 spiro atoms. The van der Waals surface area contributed by atoms with Crippen LogP contribution in [0.1, 0.15) is 32.3 Å². The number of amides is 2. The van der Waals surface area contributed by atoms with Crippen molar-refractivity contribution in [1.82, 2.24) is 10.2 Å². The molecule has 1 N–H and O–H groups in total. The summed E-state index contributed by atoms with van der Waals surface area (Å²) in [6.45, 7) is 3.26. The molecule has 2 atom stereocenters. The molecule has 3 rings (SSSR count). The average Bonchev–Trinajstić information content (AvgIpc) is 3.04. The van der Waals surface area contributed by atoms with Gasteiger partial charge in [0.2, 0.25) is 11.8 Å². The Morgan fingerprint density at radius 2 is 2.07 bits per heavy atom. The lowest BCUT2D eigenvalue weighted by atomic mass is 9.85. The van der Waals surface area contributed by atoms with Gasteiger partial charge in [-0.05, 0) is 29.5 Å². The lowest BCUT2D eigenvalue weighted by molar-refractivity contribution is -0.384. The summed E-state index contributed by atoms with van der Waals surface area (Å²) in [4.78, 5) is 48.7. The molecular weight excluding hydrogens is 410 g/mol. The number of carbonyl (C=O) groups excluding carboxylic acids is 3. The van der Waals surface area contributed by atoms with E-state index in [0.717, 1.165) is 0 Å². The van der Waals surface area contributed by atoms with Crippen molar-refractivity contribution < 1.29 is 24.0 Å². The Kier molecular flexibility index (Phi) is 6.56. The summed E-state index contributed by atoms with van der Waals surface area (Å²) in [5.74, 6) is -1.03. The van der Waals surface area contributed by atoms with Gasteiger partial charge in [-0.2, -0.15) is 0 Å². The predicted molar refractivity (Wildman–Crippen MR) is 109 cm³/mol. The number of esters is 1. The molecule has 2 heterocycles. The third-order valence-electron chi connectivity index (χ3n) is 4.97. The van der Waals surface area contributed by atoms with Crippen molar-refractivity contribution in [3.8, 4) is 0 Å². The van der Waals surface area contributed by atoms with Crippen LogP contribution in [0.15, 0.2) is 46.5 Å². The molecule has 0 aromatic heterocycles. The maximum absolute atomic E-state index is 12.8. The number of fused-ring (bicyclic) bond motifs is 1. The lowest BCUT2D eigenvalue weighted by Crippen LogP contribution is -2.58. The van der Waals surface area contributed by atoms with Crippen LogP contribution >= 0.6 is 11.8 Å². The first-order valence-electron chi connectivity index (χ1n) is 9.39. The average molecular weight is 431 g/mol. The third-order valence-corrected chi connectivity index (χ3v) is 5.88. The van der Waals surface area contributed by atoms with Crippen LogP contribution in [-0.2, 0) is 25.7 Å². The second-order valence-electron chi connectivity index (χ2n) is 6.89. The van der Waals surface area contributed by atoms with E-state index in [1.807, 2.05) is 6.92 Å². The number of β-lactam (4-membered cyclic amide) rings is 1. The zero-order chi connectivity index (χ0) is 21.8. The molecule has 0 radical (unpaired) electrons. The van der Waals surface area contributed by atoms with Crippen molar-refractivity contribution >= 4 is 35.2 Å². The molecule has 2 aliphatic heterocycles. The van der Waals surface area contributed by atoms with Crippen LogP contribution < -0.4 is 5.32 Å². The summed E-state index contributed by atoms with van der Waals surface area (Å²) in [5.41, 5.74) is 0.784. The van der Waals surface area contributed by atoms with E-state index in [9.17, 15) is 24.5 Å². The van der Waals surface area contributed by atoms with E-state index in [2.05, 4.69) is 5.32 Å². The molecule has 1 saturated heterocycles. The minimum Gasteiger partial charge on any atom is -0.456 e. The molecule has 0 aliphatic carbocycles. The Morgan fingerprint density at radius 3 is 2.67 bits per heavy atom. The number of carbonyl (C=O) groups is 3. The fourth-order valence-corrected chi connectivity index (χ4v) is 4.36. The third kappa shape index (κ3) is 4.38. The first-order chi connectivity index (χ1) is 14.3. The summed E-state index contributed by atoms with van der Waals surface area (Å²) in [7, 11) is 0. The fourth-order valence-electron chi connectivity index (χ4n) is 3.50. The zero-order valence-corrected chi connectivity index (χ0v) is 17.3. The van der Waals surface area contributed by atoms with Crippen molar-refractivity contribution in [2.75, 3.05) is 0 Å². The Labute approximate surface area is 177 Å². The summed E-state index contributed by atoms with van der Waals surface area (Å²) >= 11 is 1.27. The first kappa shape index (κ1) is 21.6. The largest absolute Gasteiger partial charge is 0.456 e. The quantitative estimate of drug-likeness (QED) is 0.291. The van der Waals surface area contributed by atoms with E-state index in [0.29, 0.717) is 23.3 Å². The van der Waals surface area contributed by atoms with Gasteiger partial charge < -0.3 is 15.0 Å². The SMILES string of the molecule is CC[C@H]1C(=O)N2C(C(=O)OCc3ccc([N+](=O)[O-])cc3)=C(S/C=C/NC(C)=O)C[C@H]12. The Balaban J connectivity index is 1.72. The van der Waals surface area contributed by atoms with Gasteiger partial charge >= 0.3 is 5.97 Å². The van der Waals surface area contributed by atoms with Crippen molar-refractivity contribution in [3.63, 3.8) is 0 Å². The molecule has 9 nitrogen and oxygen atoms in total. The van der Waals surface area contributed by atoms with Gasteiger partial charge in [0.15, 0.2) is 0 Å². The molecule has 1 fully saturated rings. The van der Waals surface area contributed by atoms with Crippen LogP contribution in [0, 0.1) is 16.0 Å². The summed E-state index contributed by atoms with van der Waals surface area (Å²) in [6, 6.07) is 5.66. The second kappa shape index (κ2) is 9.12. The van der Waals surface area contributed by atoms with Gasteiger partial charge in [0.1, 0.15) is 12.3 Å². The number of hydrogen-bond acceptors (Lipinski definition) is 7. The van der Waals surface area contributed by atoms with Gasteiger partial charge in [0, 0.05) is 36.6 Å². The molecule has 0 unspecified atom stereocenters. The first-order valence-corrected chi connectivity index (χ1v) is 10.3. The Bertz CT molecular complexity index is 940. The van der Waals surface area contributed by atoms with E-state index in [4.69, 9.17) is 4.74 Å². The van der Waals surface area contributed by atoms with E-state index >= 15 is 0 Å². The predicted octanol–water partition coefficient (Wildman–Crippen LogP) is 2.83. The number of non-ortho nitro benzene ring substituents is 1. The highest BCUT2D eigenvalue weighted by atomic mass is 32.2. The molecule has 2 aliphatic rings. The van der Waals surface area contributed by atoms with Gasteiger partial charge in [0.25, 0.3) is 5.69 Å². The van der Waals surface area contributed by atoms with Crippen LogP contribution in [-0.4, -0.2) is 33.6 Å². The van der Waals surface area contributed by atoms with E-state index in [-0.39, 0.29) is 41.8 Å². The van der Waals surface area contributed by atoms with Gasteiger partial charge in [-0.15, -0.1) is 0 Å². The normalized spacial score (nSPS) is 20.2. The number of hydrogen-bond donors (Lipinski definition) is 1. The van der Waals surface area contributed by atoms with Crippen LogP contribution in [0.3, 0.4) is 0 Å². The number of nitrogens with one attached hydrogen (secondary N) is 1. The highest BCUT2D eigenvalue weighted by Crippen LogP contribution is 2.47. The van der Waals surface area contributed by atoms with Crippen LogP contribution in [0.5, 0.6) is 0 Å². The zero-order valence-electron chi connectivity index (χ0n) is 16.5. The number of nitrogens with zero attached hydrogens (tertiary/aromatic N) is 2. The van der Waals surface area contributed by atoms with Crippen molar-refractivity contribution in [3.05, 3.63) is 62.2 Å². The summed E-state index contributed by atoms with van der Waals surface area (Å²) in [5, 5.41) is 14.9. The van der Waals surface area contributed by atoms with Crippen LogP contribution in [0.2, 0.25) is 0 Å². The van der Waals surface area contributed by atoms with Crippen molar-refractivity contribution in [2.24, 2.45) is 5.92 Å². The van der Waals surface area contributed by atoms with Crippen molar-refractivity contribution in [1.29, 1.82) is 0 Å². The number of benzene rings is 1. The topological polar surface area (TPSA) is 119 Å². The Morgan fingerprint density at radius 1 is 1.37 bits per heavy atom. The number of nitro groups is 1. The highest BCUT2D eigenvalue weighted by Gasteiger charge is 2.54. The molecule has 30 heavy (non-hydrogen) atoms. The van der Waals surface area contributed by atoms with Gasteiger partial charge in [-0.1, -0.05) is 18.7 Å². The highest BCUT2D eigenvalue weighted by molar-refractivity contribution is 8.05. The van der Waals surface area contributed by atoms with Crippen LogP contribution in [0.25, 0.3) is 0 Å². The maximum atomic E-state index is 12.8. The fraction of sp³-hybridized carbons (Fsp3) is 0.350. The van der Waals surface area contributed by atoms with E-state index < -0.39 is 10.9 Å². The summed E-state index contributed by atoms with van der Waals surface area (Å²) in [6.07, 6.45) is 2.74. The standard InChI is InChI=1S/C20H21N3O6S/c1-3-15-16-10-17(30-9-8-21-12(2)24)18(22(16)19(15)25)20(26)29-11-13-4-6-14(7-5-13)23(27)28/h4-9,15-16H,3,10-11H2,1-2H3,(H,21,24)/b9-8+/t15-,16-/m1/s1. The monoisotopic (exact) mass is 431 g/mol. The smallest absolute Gasteiger partial charge is 0.356 e. The number of rotatable bonds is 8. The molecule has 158 valence electrons. The Hall–Kier alpha value is -3.14. The molecule has 0 saturated carbocycles. The van der Waals surface area contributed by atoms with E-state index in [1.165, 1.54) is 54.1 Å². The lowest BCUT2D eigenvalue weighted by Gasteiger charge is -2.43. The maximum Gasteiger partial charge on any atom is 0.356 e. The van der Waals surface area contributed by atoms with Crippen molar-refractivity contribution in [2.45, 2.75) is 39.3 Å². The molecule has 1 aromatic rings. The van der Waals surface area contributed by atoms with Crippen LogP contribution in [0.4, 0.5) is 5.69 Å². The number of thioether (sulfide) groups is 1. The molecule has 0 bridgehead atoms. The molecule has 1 aromatic carbocycles. The summed E-state index contributed by atoms with van der Waals surface area (Å²) < 4.78 is 5.39. The number of ether oxygens (including phenoxy) is 1. The number of nitro benzene ring substituents is 1. The minimum atomic E-state index is -0.616. The van der Waals surface area contributed by atoms with Gasteiger partial charge in [-0.3, -0.25) is 19.7 Å². The van der Waals surface area contributed by atoms with Gasteiger partial charge in [-0.25, -0.2) is 4.79 Å². The molecule has 2 amide bonds. The minimum absolute atomic E-state index is 0.0483. The second-order valence-corrected chi connectivity index (χ2v) is 7.89. The molecule has 10 heteroatoms. The van der Waals surface area contributed by atoms with E-state index in [1.54, 1.807) is 5.41 Å². The van der Waals surface area contributed by atoms with Gasteiger partial charge in [0.05, 0.1) is 16.9 Å². The molecular formula is C20H21N3O6S.